The Morgan fingerprint density at radius 1 is 1.58 bits per heavy atom. The van der Waals surface area contributed by atoms with Crippen LogP contribution in [0.3, 0.4) is 0 Å². The highest BCUT2D eigenvalue weighted by Crippen LogP contribution is 2.24. The molecule has 2 N–H and O–H groups in total. The van der Waals surface area contributed by atoms with E-state index in [4.69, 9.17) is 5.11 Å². The summed E-state index contributed by atoms with van der Waals surface area (Å²) < 4.78 is 1.69. The van der Waals surface area contributed by atoms with Crippen LogP contribution < -0.4 is 5.32 Å². The molecule has 0 radical (unpaired) electrons. The van der Waals surface area contributed by atoms with E-state index in [0.29, 0.717) is 17.8 Å². The minimum atomic E-state index is -0.410. The van der Waals surface area contributed by atoms with Crippen LogP contribution in [0.15, 0.2) is 18.6 Å². The first-order valence-corrected chi connectivity index (χ1v) is 6.79. The van der Waals surface area contributed by atoms with E-state index < -0.39 is 6.10 Å². The van der Waals surface area contributed by atoms with Gasteiger partial charge in [-0.05, 0) is 13.3 Å². The Morgan fingerprint density at radius 2 is 2.37 bits per heavy atom. The average molecular weight is 280 g/mol. The van der Waals surface area contributed by atoms with E-state index in [1.54, 1.807) is 24.0 Å². The Kier molecular flexibility index (Phi) is 4.28. The molecule has 0 aliphatic heterocycles. The fourth-order valence-electron chi connectivity index (χ4n) is 1.53. The molecule has 7 heteroatoms. The van der Waals surface area contributed by atoms with E-state index in [2.05, 4.69) is 15.4 Å². The van der Waals surface area contributed by atoms with Crippen LogP contribution in [0.25, 0.3) is 10.6 Å². The normalized spacial score (nSPS) is 12.4. The molecule has 0 aromatic carbocycles. The first kappa shape index (κ1) is 13.7. The van der Waals surface area contributed by atoms with Crippen molar-refractivity contribution in [2.45, 2.75) is 19.4 Å². The molecule has 0 spiro atoms. The van der Waals surface area contributed by atoms with E-state index in [-0.39, 0.29) is 5.91 Å². The zero-order valence-corrected chi connectivity index (χ0v) is 11.6. The average Bonchev–Trinajstić information content (AvgIpc) is 2.96. The number of nitrogens with one attached hydrogen (secondary N) is 1. The lowest BCUT2D eigenvalue weighted by atomic mass is 10.3. The van der Waals surface area contributed by atoms with Crippen molar-refractivity contribution in [1.82, 2.24) is 20.1 Å². The van der Waals surface area contributed by atoms with Crippen molar-refractivity contribution in [3.05, 3.63) is 23.5 Å². The van der Waals surface area contributed by atoms with E-state index in [1.165, 1.54) is 11.3 Å². The first-order chi connectivity index (χ1) is 9.06. The van der Waals surface area contributed by atoms with E-state index >= 15 is 0 Å². The predicted octanol–water partition coefficient (Wildman–Crippen LogP) is 1.04. The molecule has 2 aromatic heterocycles. The van der Waals surface area contributed by atoms with Gasteiger partial charge in [0.15, 0.2) is 0 Å². The van der Waals surface area contributed by atoms with Crippen LogP contribution in [-0.4, -0.2) is 38.4 Å². The number of hydrogen-bond donors (Lipinski definition) is 2. The van der Waals surface area contributed by atoms with Gasteiger partial charge >= 0.3 is 0 Å². The van der Waals surface area contributed by atoms with Gasteiger partial charge in [0.05, 0.1) is 18.5 Å². The van der Waals surface area contributed by atoms with Gasteiger partial charge < -0.3 is 10.4 Å². The van der Waals surface area contributed by atoms with Gasteiger partial charge in [-0.15, -0.1) is 11.3 Å². The molecule has 0 saturated heterocycles. The number of rotatable bonds is 5. The van der Waals surface area contributed by atoms with Crippen molar-refractivity contribution in [3.8, 4) is 10.6 Å². The molecule has 2 heterocycles. The number of thiazole rings is 1. The lowest BCUT2D eigenvalue weighted by Crippen LogP contribution is -2.25. The van der Waals surface area contributed by atoms with Gasteiger partial charge in [0.1, 0.15) is 9.88 Å². The van der Waals surface area contributed by atoms with Gasteiger partial charge in [-0.1, -0.05) is 0 Å². The zero-order chi connectivity index (χ0) is 13.8. The maximum Gasteiger partial charge on any atom is 0.263 e. The largest absolute Gasteiger partial charge is 0.393 e. The number of aliphatic hydroxyl groups is 1. The third-order valence-corrected chi connectivity index (χ3v) is 3.57. The van der Waals surface area contributed by atoms with Gasteiger partial charge in [-0.25, -0.2) is 4.98 Å². The van der Waals surface area contributed by atoms with E-state index in [1.807, 2.05) is 13.2 Å². The molecule has 0 fully saturated rings. The van der Waals surface area contributed by atoms with Gasteiger partial charge in [-0.2, -0.15) is 5.10 Å². The highest BCUT2D eigenvalue weighted by Gasteiger charge is 2.12. The Labute approximate surface area is 115 Å². The summed E-state index contributed by atoms with van der Waals surface area (Å²) in [7, 11) is 1.83. The molecule has 0 aliphatic rings. The number of carbonyl (C=O) groups is 1. The lowest BCUT2D eigenvalue weighted by Gasteiger charge is -2.04. The molecule has 1 amide bonds. The molecular formula is C12H16N4O2S. The smallest absolute Gasteiger partial charge is 0.263 e. The molecule has 1 unspecified atom stereocenters. The fourth-order valence-corrected chi connectivity index (χ4v) is 2.33. The predicted molar refractivity (Wildman–Crippen MR) is 72.9 cm³/mol. The topological polar surface area (TPSA) is 80.0 Å². The Hall–Kier alpha value is -1.73. The van der Waals surface area contributed by atoms with E-state index in [0.717, 1.165) is 10.6 Å². The van der Waals surface area contributed by atoms with Crippen LogP contribution in [0, 0.1) is 0 Å². The number of hydrogen-bond acceptors (Lipinski definition) is 5. The van der Waals surface area contributed by atoms with E-state index in [9.17, 15) is 4.79 Å². The standard InChI is InChI=1S/C12H16N4O2S/c1-8(17)3-4-13-11(18)10-6-14-12(19-10)9-5-15-16(2)7-9/h5-8,17H,3-4H2,1-2H3,(H,13,18). The molecule has 0 saturated carbocycles. The molecule has 0 bridgehead atoms. The third-order valence-electron chi connectivity index (χ3n) is 2.53. The Morgan fingerprint density at radius 3 is 3.00 bits per heavy atom. The summed E-state index contributed by atoms with van der Waals surface area (Å²) in [6.45, 7) is 2.15. The van der Waals surface area contributed by atoms with Crippen molar-refractivity contribution in [2.75, 3.05) is 6.54 Å². The quantitative estimate of drug-likeness (QED) is 0.857. The molecule has 2 aromatic rings. The van der Waals surface area contributed by atoms with Crippen LogP contribution in [0.5, 0.6) is 0 Å². The first-order valence-electron chi connectivity index (χ1n) is 5.97. The van der Waals surface area contributed by atoms with Crippen molar-refractivity contribution in [1.29, 1.82) is 0 Å². The molecular weight excluding hydrogens is 264 g/mol. The van der Waals surface area contributed by atoms with Crippen LogP contribution in [0.1, 0.15) is 23.0 Å². The van der Waals surface area contributed by atoms with Gasteiger partial charge in [0.25, 0.3) is 5.91 Å². The minimum Gasteiger partial charge on any atom is -0.393 e. The summed E-state index contributed by atoms with van der Waals surface area (Å²) in [6.07, 6.45) is 5.26. The molecule has 102 valence electrons. The van der Waals surface area contributed by atoms with Gasteiger partial charge in [0, 0.05) is 25.4 Å². The molecule has 2 rings (SSSR count). The summed E-state index contributed by atoms with van der Waals surface area (Å²) in [5, 5.41) is 16.7. The second-order valence-electron chi connectivity index (χ2n) is 4.33. The number of amides is 1. The highest BCUT2D eigenvalue weighted by molar-refractivity contribution is 7.16. The summed E-state index contributed by atoms with van der Waals surface area (Å²) in [5.74, 6) is -0.159. The Bertz CT molecular complexity index is 562. The van der Waals surface area contributed by atoms with Crippen molar-refractivity contribution >= 4 is 17.2 Å². The minimum absolute atomic E-state index is 0.159. The van der Waals surface area contributed by atoms with Crippen LogP contribution in [0.2, 0.25) is 0 Å². The van der Waals surface area contributed by atoms with Crippen LogP contribution in [0.4, 0.5) is 0 Å². The summed E-state index contributed by atoms with van der Waals surface area (Å²) in [6, 6.07) is 0. The van der Waals surface area contributed by atoms with Crippen molar-refractivity contribution < 1.29 is 9.90 Å². The van der Waals surface area contributed by atoms with Crippen LogP contribution in [-0.2, 0) is 7.05 Å². The number of carbonyl (C=O) groups excluding carboxylic acids is 1. The maximum absolute atomic E-state index is 11.8. The van der Waals surface area contributed by atoms with Gasteiger partial charge in [0.2, 0.25) is 0 Å². The number of aromatic nitrogens is 3. The summed E-state index contributed by atoms with van der Waals surface area (Å²) in [5.41, 5.74) is 0.899. The number of aryl methyl sites for hydroxylation is 1. The summed E-state index contributed by atoms with van der Waals surface area (Å²) in [4.78, 5) is 16.6. The van der Waals surface area contributed by atoms with Crippen LogP contribution >= 0.6 is 11.3 Å². The highest BCUT2D eigenvalue weighted by atomic mass is 32.1. The molecule has 1 atom stereocenters. The maximum atomic E-state index is 11.8. The van der Waals surface area contributed by atoms with Gasteiger partial charge in [-0.3, -0.25) is 9.48 Å². The molecule has 19 heavy (non-hydrogen) atoms. The number of aliphatic hydroxyl groups excluding tert-OH is 1. The lowest BCUT2D eigenvalue weighted by molar-refractivity contribution is 0.0949. The SMILES string of the molecule is CC(O)CCNC(=O)c1cnc(-c2cnn(C)c2)s1. The van der Waals surface area contributed by atoms with Crippen molar-refractivity contribution in [2.24, 2.45) is 7.05 Å². The third kappa shape index (κ3) is 3.62. The zero-order valence-electron chi connectivity index (χ0n) is 10.8. The summed E-state index contributed by atoms with van der Waals surface area (Å²) >= 11 is 1.33. The molecule has 0 aliphatic carbocycles. The molecule has 6 nitrogen and oxygen atoms in total. The van der Waals surface area contributed by atoms with Crippen molar-refractivity contribution in [3.63, 3.8) is 0 Å². The second kappa shape index (κ2) is 5.94. The monoisotopic (exact) mass is 280 g/mol. The second-order valence-corrected chi connectivity index (χ2v) is 5.36. The number of nitrogens with zero attached hydrogens (tertiary/aromatic N) is 3. The fraction of sp³-hybridized carbons (Fsp3) is 0.417. The Balaban J connectivity index is 1.98.